The van der Waals surface area contributed by atoms with Crippen molar-refractivity contribution in [2.24, 2.45) is 0 Å². The van der Waals surface area contributed by atoms with Crippen LogP contribution in [-0.4, -0.2) is 53.4 Å². The number of nitrogen functional groups attached to an aromatic ring is 1. The van der Waals surface area contributed by atoms with Gasteiger partial charge in [-0.05, 0) is 59.7 Å². The first-order chi connectivity index (χ1) is 17.7. The largest absolute Gasteiger partial charge is 0.397 e. The van der Waals surface area contributed by atoms with Crippen LogP contribution in [0.5, 0.6) is 0 Å². The molecule has 4 aromatic rings. The van der Waals surface area contributed by atoms with Crippen molar-refractivity contribution < 1.29 is 9.53 Å². The molecule has 0 radical (unpaired) electrons. The van der Waals surface area contributed by atoms with E-state index in [0.717, 1.165) is 74.3 Å². The van der Waals surface area contributed by atoms with Gasteiger partial charge in [-0.2, -0.15) is 5.10 Å². The van der Waals surface area contributed by atoms with Gasteiger partial charge >= 0.3 is 0 Å². The summed E-state index contributed by atoms with van der Waals surface area (Å²) in [5.74, 6) is 0.336. The number of morpholine rings is 1. The van der Waals surface area contributed by atoms with Crippen molar-refractivity contribution in [3.05, 3.63) is 78.0 Å². The average Bonchev–Trinajstić information content (AvgIpc) is 3.69. The summed E-state index contributed by atoms with van der Waals surface area (Å²) in [6.07, 6.45) is 4.20. The van der Waals surface area contributed by atoms with Crippen LogP contribution in [0, 0.1) is 0 Å². The van der Waals surface area contributed by atoms with Gasteiger partial charge < -0.3 is 15.8 Å². The van der Waals surface area contributed by atoms with Crippen LogP contribution >= 0.6 is 0 Å². The van der Waals surface area contributed by atoms with Gasteiger partial charge in [-0.1, -0.05) is 36.4 Å². The highest BCUT2D eigenvalue weighted by atomic mass is 16.5. The number of anilines is 2. The van der Waals surface area contributed by atoms with Crippen LogP contribution in [0.25, 0.3) is 22.0 Å². The predicted octanol–water partition coefficient (Wildman–Crippen LogP) is 4.75. The van der Waals surface area contributed by atoms with E-state index < -0.39 is 0 Å². The molecule has 1 saturated heterocycles. The highest BCUT2D eigenvalue weighted by Crippen LogP contribution is 2.43. The van der Waals surface area contributed by atoms with Crippen molar-refractivity contribution in [1.29, 1.82) is 0 Å². The van der Waals surface area contributed by atoms with E-state index in [1.807, 2.05) is 60.8 Å². The van der Waals surface area contributed by atoms with E-state index in [1.165, 1.54) is 5.56 Å². The maximum absolute atomic E-state index is 13.4. The van der Waals surface area contributed by atoms with E-state index in [9.17, 15) is 4.79 Å². The van der Waals surface area contributed by atoms with Gasteiger partial charge in [0.25, 0.3) is 5.91 Å². The van der Waals surface area contributed by atoms with Gasteiger partial charge in [0.15, 0.2) is 0 Å². The highest BCUT2D eigenvalue weighted by Gasteiger charge is 2.28. The summed E-state index contributed by atoms with van der Waals surface area (Å²) < 4.78 is 7.58. The van der Waals surface area contributed by atoms with Gasteiger partial charge in [-0.15, -0.1) is 0 Å². The van der Waals surface area contributed by atoms with Gasteiger partial charge in [0.05, 0.1) is 42.8 Å². The summed E-state index contributed by atoms with van der Waals surface area (Å²) in [6, 6.07) is 19.8. The lowest BCUT2D eigenvalue weighted by atomic mass is 10.0. The van der Waals surface area contributed by atoms with Crippen molar-refractivity contribution >= 4 is 28.2 Å². The number of carbonyl (C=O) groups is 1. The molecule has 1 aliphatic heterocycles. The van der Waals surface area contributed by atoms with Crippen molar-refractivity contribution in [2.45, 2.75) is 25.3 Å². The van der Waals surface area contributed by atoms with E-state index in [1.54, 1.807) is 0 Å². The fraction of sp³-hybridized carbons (Fsp3) is 0.310. The maximum Gasteiger partial charge on any atom is 0.255 e. The summed E-state index contributed by atoms with van der Waals surface area (Å²) in [5.41, 5.74) is 12.5. The van der Waals surface area contributed by atoms with Crippen LogP contribution in [0.15, 0.2) is 66.9 Å². The monoisotopic (exact) mass is 481 g/mol. The Labute approximate surface area is 210 Å². The fourth-order valence-corrected chi connectivity index (χ4v) is 5.00. The Bertz CT molecular complexity index is 1390. The fourth-order valence-electron chi connectivity index (χ4n) is 5.00. The SMILES string of the molecule is Nc1ccc(-c2ccccc2)cc1NC(=O)c1cc(C2CC2)c2c(cnn2CCN2CCOCC2)c1. The Morgan fingerprint density at radius 3 is 2.58 bits per heavy atom. The van der Waals surface area contributed by atoms with Crippen LogP contribution < -0.4 is 11.1 Å². The molecule has 3 aromatic carbocycles. The summed E-state index contributed by atoms with van der Waals surface area (Å²) in [6.45, 7) is 5.30. The predicted molar refractivity (Wildman–Crippen MR) is 143 cm³/mol. The molecule has 1 amide bonds. The molecule has 2 heterocycles. The number of aromatic nitrogens is 2. The molecular formula is C29H31N5O2. The molecule has 184 valence electrons. The molecule has 1 saturated carbocycles. The Hall–Kier alpha value is -3.68. The Kier molecular flexibility index (Phi) is 6.17. The molecule has 0 bridgehead atoms. The van der Waals surface area contributed by atoms with Crippen molar-refractivity contribution in [3.8, 4) is 11.1 Å². The Balaban J connectivity index is 1.26. The molecule has 2 fully saturated rings. The quantitative estimate of drug-likeness (QED) is 0.372. The molecule has 6 rings (SSSR count). The number of carbonyl (C=O) groups excluding carboxylic acids is 1. The molecule has 0 atom stereocenters. The normalized spacial score (nSPS) is 16.3. The smallest absolute Gasteiger partial charge is 0.255 e. The first kappa shape index (κ1) is 22.8. The molecule has 3 N–H and O–H groups in total. The minimum Gasteiger partial charge on any atom is -0.397 e. The number of amides is 1. The van der Waals surface area contributed by atoms with E-state index in [4.69, 9.17) is 15.6 Å². The molecule has 2 aliphatic rings. The van der Waals surface area contributed by atoms with Crippen molar-refractivity contribution in [2.75, 3.05) is 43.9 Å². The minimum atomic E-state index is -0.156. The van der Waals surface area contributed by atoms with E-state index in [0.29, 0.717) is 22.9 Å². The van der Waals surface area contributed by atoms with Crippen LogP contribution in [-0.2, 0) is 11.3 Å². The van der Waals surface area contributed by atoms with Crippen molar-refractivity contribution in [3.63, 3.8) is 0 Å². The summed E-state index contributed by atoms with van der Waals surface area (Å²) in [5, 5.41) is 8.77. The molecule has 0 spiro atoms. The van der Waals surface area contributed by atoms with E-state index in [-0.39, 0.29) is 5.91 Å². The zero-order chi connectivity index (χ0) is 24.5. The molecular weight excluding hydrogens is 450 g/mol. The third-order valence-corrected chi connectivity index (χ3v) is 7.18. The number of nitrogens with two attached hydrogens (primary N) is 1. The topological polar surface area (TPSA) is 85.4 Å². The summed E-state index contributed by atoms with van der Waals surface area (Å²) in [4.78, 5) is 15.8. The van der Waals surface area contributed by atoms with E-state index >= 15 is 0 Å². The molecule has 36 heavy (non-hydrogen) atoms. The first-order valence-corrected chi connectivity index (χ1v) is 12.7. The number of nitrogens with zero attached hydrogens (tertiary/aromatic N) is 3. The number of nitrogens with one attached hydrogen (secondary N) is 1. The molecule has 7 heteroatoms. The lowest BCUT2D eigenvalue weighted by molar-refractivity contribution is 0.0361. The number of hydrogen-bond acceptors (Lipinski definition) is 5. The first-order valence-electron chi connectivity index (χ1n) is 12.7. The zero-order valence-electron chi connectivity index (χ0n) is 20.3. The van der Waals surface area contributed by atoms with Crippen LogP contribution in [0.2, 0.25) is 0 Å². The second kappa shape index (κ2) is 9.76. The molecule has 7 nitrogen and oxygen atoms in total. The number of fused-ring (bicyclic) bond motifs is 1. The molecule has 0 unspecified atom stereocenters. The number of rotatable bonds is 7. The van der Waals surface area contributed by atoms with Gasteiger partial charge in [0.2, 0.25) is 0 Å². The Morgan fingerprint density at radius 1 is 1.00 bits per heavy atom. The standard InChI is InChI=1S/C29H31N5O2/c30-26-9-8-22(20-4-2-1-3-5-20)18-27(26)32-29(35)23-16-24-19-31-34(11-10-33-12-14-36-15-13-33)28(24)25(17-23)21-6-7-21/h1-5,8-9,16-19,21H,6-7,10-15,30H2,(H,32,35). The van der Waals surface area contributed by atoms with Gasteiger partial charge in [-0.25, -0.2) is 0 Å². The highest BCUT2D eigenvalue weighted by molar-refractivity contribution is 6.08. The van der Waals surface area contributed by atoms with Crippen molar-refractivity contribution in [1.82, 2.24) is 14.7 Å². The maximum atomic E-state index is 13.4. The minimum absolute atomic E-state index is 0.156. The third-order valence-electron chi connectivity index (χ3n) is 7.18. The summed E-state index contributed by atoms with van der Waals surface area (Å²) in [7, 11) is 0. The van der Waals surface area contributed by atoms with Crippen LogP contribution in [0.3, 0.4) is 0 Å². The van der Waals surface area contributed by atoms with Gasteiger partial charge in [0, 0.05) is 30.6 Å². The summed E-state index contributed by atoms with van der Waals surface area (Å²) >= 11 is 0. The zero-order valence-corrected chi connectivity index (χ0v) is 20.3. The average molecular weight is 482 g/mol. The third kappa shape index (κ3) is 4.72. The lowest BCUT2D eigenvalue weighted by Gasteiger charge is -2.26. The Morgan fingerprint density at radius 2 is 1.81 bits per heavy atom. The van der Waals surface area contributed by atoms with Crippen LogP contribution in [0.1, 0.15) is 34.7 Å². The van der Waals surface area contributed by atoms with Gasteiger partial charge in [0.1, 0.15) is 0 Å². The number of hydrogen-bond donors (Lipinski definition) is 2. The second-order valence-electron chi connectivity index (χ2n) is 9.72. The van der Waals surface area contributed by atoms with Gasteiger partial charge in [-0.3, -0.25) is 14.4 Å². The number of benzene rings is 3. The molecule has 1 aromatic heterocycles. The van der Waals surface area contributed by atoms with Crippen LogP contribution in [0.4, 0.5) is 11.4 Å². The second-order valence-corrected chi connectivity index (χ2v) is 9.72. The van der Waals surface area contributed by atoms with E-state index in [2.05, 4.69) is 21.0 Å². The number of ether oxygens (including phenoxy) is 1. The lowest BCUT2D eigenvalue weighted by Crippen LogP contribution is -2.38. The molecule has 1 aliphatic carbocycles.